The summed E-state index contributed by atoms with van der Waals surface area (Å²) in [6, 6.07) is 9.26. The molecule has 0 spiro atoms. The lowest BCUT2D eigenvalue weighted by molar-refractivity contribution is 0.423. The molecule has 2 heterocycles. The molecule has 96 valence electrons. The van der Waals surface area contributed by atoms with Crippen molar-refractivity contribution in [2.24, 2.45) is 0 Å². The zero-order chi connectivity index (χ0) is 13.1. The molecule has 1 aromatic carbocycles. The summed E-state index contributed by atoms with van der Waals surface area (Å²) >= 11 is 3.81. The van der Waals surface area contributed by atoms with E-state index in [1.54, 1.807) is 12.1 Å². The third-order valence-corrected chi connectivity index (χ3v) is 5.56. The zero-order valence-electron chi connectivity index (χ0n) is 10.1. The van der Waals surface area contributed by atoms with Gasteiger partial charge in [0.25, 0.3) is 5.89 Å². The molecule has 0 saturated carbocycles. The molecule has 6 heteroatoms. The van der Waals surface area contributed by atoms with Crippen molar-refractivity contribution in [3.8, 4) is 17.5 Å². The number of nitrogens with zero attached hydrogens (tertiary/aromatic N) is 3. The fraction of sp³-hybridized carbons (Fsp3) is 0.308. The lowest BCUT2D eigenvalue weighted by Crippen LogP contribution is -2.07. The molecule has 19 heavy (non-hydrogen) atoms. The molecule has 0 radical (unpaired) electrons. The number of thioether (sulfide) groups is 2. The first-order valence-electron chi connectivity index (χ1n) is 5.90. The highest BCUT2D eigenvalue weighted by Gasteiger charge is 2.22. The fourth-order valence-electron chi connectivity index (χ4n) is 1.81. The van der Waals surface area contributed by atoms with E-state index in [0.717, 1.165) is 22.9 Å². The standard InChI is InChI=1S/C13H11N3OS2/c14-7-9-1-3-10(4-2-9)13-15-12(16-17-13)11-8-18-5-6-19-11/h1-4,11H,5-6,8H2. The van der Waals surface area contributed by atoms with Crippen molar-refractivity contribution in [1.82, 2.24) is 10.1 Å². The van der Waals surface area contributed by atoms with Crippen LogP contribution in [0.25, 0.3) is 11.5 Å². The monoisotopic (exact) mass is 289 g/mol. The summed E-state index contributed by atoms with van der Waals surface area (Å²) in [4.78, 5) is 4.46. The van der Waals surface area contributed by atoms with Gasteiger partial charge >= 0.3 is 0 Å². The highest BCUT2D eigenvalue weighted by molar-refractivity contribution is 8.06. The Balaban J connectivity index is 1.81. The maximum Gasteiger partial charge on any atom is 0.257 e. The molecule has 1 atom stereocenters. The first-order valence-corrected chi connectivity index (χ1v) is 8.10. The van der Waals surface area contributed by atoms with E-state index in [0.29, 0.717) is 16.7 Å². The number of aromatic nitrogens is 2. The average molecular weight is 289 g/mol. The van der Waals surface area contributed by atoms with Crippen LogP contribution in [0, 0.1) is 11.3 Å². The van der Waals surface area contributed by atoms with Crippen molar-refractivity contribution in [3.63, 3.8) is 0 Å². The van der Waals surface area contributed by atoms with Crippen LogP contribution in [0.5, 0.6) is 0 Å². The van der Waals surface area contributed by atoms with Crippen LogP contribution in [0.2, 0.25) is 0 Å². The zero-order valence-corrected chi connectivity index (χ0v) is 11.7. The van der Waals surface area contributed by atoms with E-state index < -0.39 is 0 Å². The number of benzene rings is 1. The quantitative estimate of drug-likeness (QED) is 0.846. The van der Waals surface area contributed by atoms with E-state index in [9.17, 15) is 0 Å². The Kier molecular flexibility index (Phi) is 3.76. The molecule has 1 aliphatic rings. The Morgan fingerprint density at radius 3 is 2.79 bits per heavy atom. The van der Waals surface area contributed by atoms with Crippen LogP contribution in [-0.4, -0.2) is 27.4 Å². The molecular formula is C13H11N3OS2. The summed E-state index contributed by atoms with van der Waals surface area (Å²) in [6.07, 6.45) is 0. The molecule has 0 aliphatic carbocycles. The average Bonchev–Trinajstić information content (AvgIpc) is 2.98. The normalized spacial score (nSPS) is 19.0. The van der Waals surface area contributed by atoms with Gasteiger partial charge in [-0.25, -0.2) is 0 Å². The Hall–Kier alpha value is -1.45. The number of rotatable bonds is 2. The molecule has 1 unspecified atom stereocenters. The van der Waals surface area contributed by atoms with Crippen LogP contribution in [-0.2, 0) is 0 Å². The molecule has 1 fully saturated rings. The number of hydrogen-bond donors (Lipinski definition) is 0. The molecule has 1 saturated heterocycles. The van der Waals surface area contributed by atoms with Crippen molar-refractivity contribution < 1.29 is 4.52 Å². The topological polar surface area (TPSA) is 62.7 Å². The van der Waals surface area contributed by atoms with Gasteiger partial charge in [0.1, 0.15) is 0 Å². The third-order valence-electron chi connectivity index (χ3n) is 2.81. The third kappa shape index (κ3) is 2.77. The number of nitriles is 1. The molecule has 0 bridgehead atoms. The van der Waals surface area contributed by atoms with Crippen LogP contribution in [0.4, 0.5) is 0 Å². The van der Waals surface area contributed by atoms with Crippen LogP contribution in [0.1, 0.15) is 16.6 Å². The first-order chi connectivity index (χ1) is 9.36. The molecule has 4 nitrogen and oxygen atoms in total. The van der Waals surface area contributed by atoms with Gasteiger partial charge in [-0.2, -0.15) is 22.0 Å². The van der Waals surface area contributed by atoms with E-state index in [-0.39, 0.29) is 0 Å². The van der Waals surface area contributed by atoms with Gasteiger partial charge in [-0.3, -0.25) is 0 Å². The molecule has 1 aromatic heterocycles. The summed E-state index contributed by atoms with van der Waals surface area (Å²) < 4.78 is 5.31. The molecular weight excluding hydrogens is 278 g/mol. The predicted octanol–water partition coefficient (Wildman–Crippen LogP) is 3.13. The summed E-state index contributed by atoms with van der Waals surface area (Å²) in [5.41, 5.74) is 1.48. The minimum atomic E-state index is 0.328. The summed E-state index contributed by atoms with van der Waals surface area (Å²) in [6.45, 7) is 0. The van der Waals surface area contributed by atoms with Crippen molar-refractivity contribution >= 4 is 23.5 Å². The van der Waals surface area contributed by atoms with Gasteiger partial charge in [0.15, 0.2) is 5.82 Å². The van der Waals surface area contributed by atoms with Gasteiger partial charge in [-0.15, -0.1) is 11.8 Å². The van der Waals surface area contributed by atoms with E-state index in [4.69, 9.17) is 9.78 Å². The molecule has 2 aromatic rings. The minimum absolute atomic E-state index is 0.328. The second-order valence-electron chi connectivity index (χ2n) is 4.08. The molecule has 3 rings (SSSR count). The summed E-state index contributed by atoms with van der Waals surface area (Å²) in [7, 11) is 0. The van der Waals surface area contributed by atoms with Crippen molar-refractivity contribution in [2.45, 2.75) is 5.25 Å². The van der Waals surface area contributed by atoms with Gasteiger partial charge in [0.2, 0.25) is 0 Å². The van der Waals surface area contributed by atoms with Crippen molar-refractivity contribution in [1.29, 1.82) is 5.26 Å². The Morgan fingerprint density at radius 2 is 2.11 bits per heavy atom. The van der Waals surface area contributed by atoms with Crippen molar-refractivity contribution in [3.05, 3.63) is 35.7 Å². The second-order valence-corrected chi connectivity index (χ2v) is 6.54. The van der Waals surface area contributed by atoms with E-state index in [1.807, 2.05) is 35.7 Å². The summed E-state index contributed by atoms with van der Waals surface area (Å²) in [5.74, 6) is 4.67. The second kappa shape index (κ2) is 5.68. The van der Waals surface area contributed by atoms with Gasteiger partial charge in [0, 0.05) is 22.8 Å². The first kappa shape index (κ1) is 12.6. The maximum absolute atomic E-state index is 8.77. The summed E-state index contributed by atoms with van der Waals surface area (Å²) in [5, 5.41) is 13.2. The maximum atomic E-state index is 8.77. The molecule has 0 amide bonds. The smallest absolute Gasteiger partial charge is 0.257 e. The van der Waals surface area contributed by atoms with Crippen LogP contribution >= 0.6 is 23.5 Å². The Morgan fingerprint density at radius 1 is 1.26 bits per heavy atom. The predicted molar refractivity (Wildman–Crippen MR) is 77.0 cm³/mol. The van der Waals surface area contributed by atoms with Gasteiger partial charge in [0.05, 0.1) is 16.9 Å². The van der Waals surface area contributed by atoms with Crippen molar-refractivity contribution in [2.75, 3.05) is 17.3 Å². The van der Waals surface area contributed by atoms with E-state index >= 15 is 0 Å². The van der Waals surface area contributed by atoms with Gasteiger partial charge < -0.3 is 4.52 Å². The largest absolute Gasteiger partial charge is 0.334 e. The lowest BCUT2D eigenvalue weighted by atomic mass is 10.1. The highest BCUT2D eigenvalue weighted by atomic mass is 32.2. The Bertz CT molecular complexity index is 597. The van der Waals surface area contributed by atoms with Crippen LogP contribution < -0.4 is 0 Å². The van der Waals surface area contributed by atoms with Gasteiger partial charge in [-0.1, -0.05) is 5.16 Å². The van der Waals surface area contributed by atoms with Crippen LogP contribution in [0.3, 0.4) is 0 Å². The van der Waals surface area contributed by atoms with Crippen LogP contribution in [0.15, 0.2) is 28.8 Å². The van der Waals surface area contributed by atoms with E-state index in [2.05, 4.69) is 16.2 Å². The van der Waals surface area contributed by atoms with Gasteiger partial charge in [-0.05, 0) is 24.3 Å². The highest BCUT2D eigenvalue weighted by Crippen LogP contribution is 2.35. The molecule has 0 N–H and O–H groups in total. The minimum Gasteiger partial charge on any atom is -0.334 e. The van der Waals surface area contributed by atoms with E-state index in [1.165, 1.54) is 5.75 Å². The lowest BCUT2D eigenvalue weighted by Gasteiger charge is -2.16. The SMILES string of the molecule is N#Cc1ccc(-c2nc(C3CSCCS3)no2)cc1. The fourth-order valence-corrected chi connectivity index (χ4v) is 4.40. The number of hydrogen-bond acceptors (Lipinski definition) is 6. The Labute approximate surface area is 119 Å². The molecule has 1 aliphatic heterocycles.